The number of carbonyl (C=O) groups is 2. The van der Waals surface area contributed by atoms with E-state index < -0.39 is 0 Å². The summed E-state index contributed by atoms with van der Waals surface area (Å²) < 4.78 is 0. The number of anilines is 1. The van der Waals surface area contributed by atoms with Gasteiger partial charge in [-0.25, -0.2) is 9.98 Å². The van der Waals surface area contributed by atoms with Gasteiger partial charge in [0.2, 0.25) is 0 Å². The Bertz CT molecular complexity index is 1380. The van der Waals surface area contributed by atoms with Crippen molar-refractivity contribution in [3.63, 3.8) is 0 Å². The summed E-state index contributed by atoms with van der Waals surface area (Å²) in [6, 6.07) is 10.8. The number of amides is 2. The predicted octanol–water partition coefficient (Wildman–Crippen LogP) is 3.42. The highest BCUT2D eigenvalue weighted by Gasteiger charge is 2.31. The number of likely N-dealkylation sites (tertiary alicyclic amines) is 1. The van der Waals surface area contributed by atoms with E-state index >= 15 is 0 Å². The van der Waals surface area contributed by atoms with Gasteiger partial charge in [-0.2, -0.15) is 0 Å². The normalized spacial score (nSPS) is 17.8. The van der Waals surface area contributed by atoms with Crippen molar-refractivity contribution in [3.8, 4) is 11.8 Å². The molecule has 1 atom stereocenters. The minimum absolute atomic E-state index is 0.0224. The topological polar surface area (TPSA) is 116 Å². The first-order chi connectivity index (χ1) is 18.4. The number of benzene rings is 1. The number of aromatic nitrogens is 1. The van der Waals surface area contributed by atoms with Gasteiger partial charge in [-0.1, -0.05) is 25.0 Å². The molecule has 1 saturated heterocycles. The molecule has 0 spiro atoms. The maximum absolute atomic E-state index is 12.8. The van der Waals surface area contributed by atoms with E-state index in [1.165, 1.54) is 0 Å². The van der Waals surface area contributed by atoms with Crippen molar-refractivity contribution in [1.29, 1.82) is 0 Å². The number of aryl methyl sites for hydroxylation is 1. The Balaban J connectivity index is 1.57. The Morgan fingerprint density at radius 2 is 2.00 bits per heavy atom. The van der Waals surface area contributed by atoms with Gasteiger partial charge in [-0.3, -0.25) is 14.6 Å². The number of pyridine rings is 1. The number of nitrogens with zero attached hydrogens (tertiary/aromatic N) is 5. The second-order valence-electron chi connectivity index (χ2n) is 8.92. The minimum atomic E-state index is -0.262. The van der Waals surface area contributed by atoms with Gasteiger partial charge in [-0.05, 0) is 68.7 Å². The molecule has 38 heavy (non-hydrogen) atoms. The molecular weight excluding hydrogens is 478 g/mol. The van der Waals surface area contributed by atoms with Gasteiger partial charge < -0.3 is 20.9 Å². The summed E-state index contributed by atoms with van der Waals surface area (Å²) in [4.78, 5) is 41.8. The van der Waals surface area contributed by atoms with Crippen LogP contribution in [0, 0.1) is 11.8 Å². The highest BCUT2D eigenvalue weighted by Crippen LogP contribution is 2.28. The van der Waals surface area contributed by atoms with Gasteiger partial charge in [0.1, 0.15) is 17.4 Å². The standard InChI is InChI=1S/C29H31N7O2/c1-4-7-25(37)36-16-6-8-23(36)19-35-17-15-33-28(30)27(35)26(31-3)21-9-11-22(12-10-21)29(38)34-24-18-20(5-2)13-14-32-24/h9-15,17-18,23H,3,5-6,8,16,19H2,1-2H3,(H2,30,33)(H,32,34,38)/b27-26-/t23-/m0/s1. The van der Waals surface area contributed by atoms with Crippen LogP contribution >= 0.6 is 0 Å². The smallest absolute Gasteiger partial charge is 0.298 e. The zero-order valence-corrected chi connectivity index (χ0v) is 21.6. The Morgan fingerprint density at radius 1 is 1.24 bits per heavy atom. The molecule has 4 rings (SSSR count). The third-order valence-corrected chi connectivity index (χ3v) is 6.54. The van der Waals surface area contributed by atoms with Crippen molar-refractivity contribution in [3.05, 3.63) is 77.4 Å². The molecule has 1 aromatic heterocycles. The number of rotatable bonds is 7. The van der Waals surface area contributed by atoms with E-state index in [0.29, 0.717) is 41.7 Å². The van der Waals surface area contributed by atoms with Gasteiger partial charge in [0.25, 0.3) is 11.8 Å². The molecular formula is C29H31N7O2. The first-order valence-corrected chi connectivity index (χ1v) is 12.5. The molecule has 0 aliphatic carbocycles. The second kappa shape index (κ2) is 12.0. The van der Waals surface area contributed by atoms with Gasteiger partial charge in [0.15, 0.2) is 0 Å². The number of nitrogens with two attached hydrogens (primary N) is 1. The minimum Gasteiger partial charge on any atom is -0.382 e. The fraction of sp³-hybridized carbons (Fsp3) is 0.276. The van der Waals surface area contributed by atoms with E-state index in [-0.39, 0.29) is 17.9 Å². The molecule has 1 fully saturated rings. The monoisotopic (exact) mass is 509 g/mol. The van der Waals surface area contributed by atoms with E-state index in [1.807, 2.05) is 35.1 Å². The molecule has 9 nitrogen and oxygen atoms in total. The zero-order valence-electron chi connectivity index (χ0n) is 21.6. The van der Waals surface area contributed by atoms with Crippen LogP contribution < -0.4 is 11.1 Å². The maximum atomic E-state index is 12.8. The first kappa shape index (κ1) is 26.4. The van der Waals surface area contributed by atoms with Gasteiger partial charge in [-0.15, -0.1) is 0 Å². The molecule has 3 heterocycles. The summed E-state index contributed by atoms with van der Waals surface area (Å²) in [5.74, 6) is 5.70. The third kappa shape index (κ3) is 5.81. The van der Waals surface area contributed by atoms with Crippen LogP contribution in [0.1, 0.15) is 48.2 Å². The quantitative estimate of drug-likeness (QED) is 0.438. The molecule has 9 heteroatoms. The fourth-order valence-corrected chi connectivity index (χ4v) is 4.62. The van der Waals surface area contributed by atoms with Crippen LogP contribution in [0.3, 0.4) is 0 Å². The van der Waals surface area contributed by atoms with E-state index in [9.17, 15) is 9.59 Å². The number of aliphatic imine (C=N–C) groups is 2. The van der Waals surface area contributed by atoms with Crippen LogP contribution in [0.2, 0.25) is 0 Å². The van der Waals surface area contributed by atoms with Crippen molar-refractivity contribution in [2.75, 3.05) is 18.4 Å². The van der Waals surface area contributed by atoms with Crippen LogP contribution in [0.5, 0.6) is 0 Å². The lowest BCUT2D eigenvalue weighted by molar-refractivity contribution is -0.126. The number of hydrogen-bond acceptors (Lipinski definition) is 7. The fourth-order valence-electron chi connectivity index (χ4n) is 4.62. The summed E-state index contributed by atoms with van der Waals surface area (Å²) in [6.07, 6.45) is 7.76. The van der Waals surface area contributed by atoms with E-state index in [0.717, 1.165) is 30.4 Å². The summed E-state index contributed by atoms with van der Waals surface area (Å²) in [6.45, 7) is 8.67. The van der Waals surface area contributed by atoms with E-state index in [4.69, 9.17) is 5.73 Å². The summed E-state index contributed by atoms with van der Waals surface area (Å²) >= 11 is 0. The lowest BCUT2D eigenvalue weighted by Crippen LogP contribution is -2.43. The first-order valence-electron chi connectivity index (χ1n) is 12.5. The zero-order chi connectivity index (χ0) is 27.1. The maximum Gasteiger partial charge on any atom is 0.298 e. The third-order valence-electron chi connectivity index (χ3n) is 6.54. The average Bonchev–Trinajstić information content (AvgIpc) is 3.39. The molecule has 2 aliphatic rings. The molecule has 194 valence electrons. The Kier molecular flexibility index (Phi) is 8.34. The van der Waals surface area contributed by atoms with Crippen LogP contribution in [-0.2, 0) is 11.2 Å². The summed E-state index contributed by atoms with van der Waals surface area (Å²) in [5.41, 5.74) is 9.75. The lowest BCUT2D eigenvalue weighted by atomic mass is 10.1. The van der Waals surface area contributed by atoms with Crippen molar-refractivity contribution in [1.82, 2.24) is 14.8 Å². The van der Waals surface area contributed by atoms with Gasteiger partial charge >= 0.3 is 0 Å². The van der Waals surface area contributed by atoms with Crippen molar-refractivity contribution in [2.45, 2.75) is 39.2 Å². The summed E-state index contributed by atoms with van der Waals surface area (Å²) in [7, 11) is 0. The number of carbonyl (C=O) groups excluding carboxylic acids is 2. The number of amidine groups is 1. The number of hydrogen-bond donors (Lipinski definition) is 2. The van der Waals surface area contributed by atoms with Crippen molar-refractivity contribution in [2.24, 2.45) is 15.7 Å². The highest BCUT2D eigenvalue weighted by atomic mass is 16.2. The Hall–Kier alpha value is -4.71. The molecule has 0 radical (unpaired) electrons. The van der Waals surface area contributed by atoms with Crippen LogP contribution in [0.15, 0.2) is 70.7 Å². The Morgan fingerprint density at radius 3 is 2.71 bits per heavy atom. The number of nitrogens with one attached hydrogen (secondary N) is 1. The van der Waals surface area contributed by atoms with Crippen molar-refractivity contribution < 1.29 is 9.59 Å². The molecule has 0 unspecified atom stereocenters. The van der Waals surface area contributed by atoms with E-state index in [2.05, 4.69) is 38.8 Å². The van der Waals surface area contributed by atoms with E-state index in [1.54, 1.807) is 43.6 Å². The highest BCUT2D eigenvalue weighted by molar-refractivity contribution is 6.06. The molecule has 2 amide bonds. The predicted molar refractivity (Wildman–Crippen MR) is 150 cm³/mol. The summed E-state index contributed by atoms with van der Waals surface area (Å²) in [5, 5.41) is 2.84. The molecule has 2 aromatic rings. The molecule has 3 N–H and O–H groups in total. The second-order valence-corrected chi connectivity index (χ2v) is 8.92. The SMILES string of the molecule is C=N/C(=C1/C(N)=NC=CN1C[C@@H]1CCCN1C(=O)C#CC)c1ccc(C(=O)Nc2cc(CC)ccn2)cc1. The van der Waals surface area contributed by atoms with Crippen LogP contribution in [-0.4, -0.2) is 58.3 Å². The largest absolute Gasteiger partial charge is 0.382 e. The molecule has 2 aliphatic heterocycles. The van der Waals surface area contributed by atoms with Gasteiger partial charge in [0.05, 0.1) is 11.7 Å². The molecule has 1 aromatic carbocycles. The van der Waals surface area contributed by atoms with Gasteiger partial charge in [0, 0.05) is 42.8 Å². The molecule has 0 bridgehead atoms. The molecule has 0 saturated carbocycles. The van der Waals surface area contributed by atoms with Crippen LogP contribution in [0.25, 0.3) is 5.70 Å². The van der Waals surface area contributed by atoms with Crippen LogP contribution in [0.4, 0.5) is 5.82 Å². The Labute approximate surface area is 222 Å². The lowest BCUT2D eigenvalue weighted by Gasteiger charge is -2.32. The average molecular weight is 510 g/mol. The van der Waals surface area contributed by atoms with Crippen molar-refractivity contribution >= 4 is 35.9 Å².